The number of piperidine rings is 2. The number of carbonyl (C=O) groups is 3. The second-order valence-electron chi connectivity index (χ2n) is 8.61. The van der Waals surface area contributed by atoms with Crippen molar-refractivity contribution in [3.05, 3.63) is 53.6 Å². The van der Waals surface area contributed by atoms with Crippen molar-refractivity contribution in [2.45, 2.75) is 45.3 Å². The molecule has 0 radical (unpaired) electrons. The van der Waals surface area contributed by atoms with Gasteiger partial charge in [0.25, 0.3) is 12.9 Å². The van der Waals surface area contributed by atoms with Crippen LogP contribution in [0.1, 0.15) is 36.2 Å². The highest BCUT2D eigenvalue weighted by atomic mass is 16.3. The summed E-state index contributed by atoms with van der Waals surface area (Å²) in [6.07, 6.45) is 6.61. The van der Waals surface area contributed by atoms with Gasteiger partial charge in [-0.25, -0.2) is 4.98 Å². The number of aryl methyl sites for hydroxylation is 1. The molecule has 1 aromatic carbocycles. The fraction of sp³-hybridized carbons (Fsp3) is 0.500. The summed E-state index contributed by atoms with van der Waals surface area (Å²) in [4.78, 5) is 42.7. The smallest absolute Gasteiger partial charge is 0.290 e. The van der Waals surface area contributed by atoms with Crippen LogP contribution in [0.15, 0.2) is 36.7 Å². The maximum Gasteiger partial charge on any atom is 0.290 e. The van der Waals surface area contributed by atoms with Crippen LogP contribution in [0.5, 0.6) is 0 Å². The summed E-state index contributed by atoms with van der Waals surface area (Å²) in [6.45, 7) is 5.91. The van der Waals surface area contributed by atoms with Crippen LogP contribution in [0.25, 0.3) is 0 Å². The number of H-pyrrole nitrogens is 1. The molecular formula is C24H35N5O5. The number of likely N-dealkylation sites (N-methyl/N-ethyl adjacent to an activating group) is 1. The van der Waals surface area contributed by atoms with Gasteiger partial charge >= 0.3 is 0 Å². The highest BCUT2D eigenvalue weighted by molar-refractivity contribution is 5.84. The van der Waals surface area contributed by atoms with Crippen molar-refractivity contribution < 1.29 is 24.6 Å². The number of nitrogens with one attached hydrogen (secondary N) is 2. The number of aromatic amines is 1. The SMILES string of the molecule is Cc1ccccc1CNC(=O)[C@@]12CCCN(Cc3ncc[nH]3)[C@H]1CN(C)CC2.O=CO.O=CO. The Morgan fingerprint density at radius 2 is 1.94 bits per heavy atom. The lowest BCUT2D eigenvalue weighted by atomic mass is 9.67. The Labute approximate surface area is 200 Å². The molecule has 1 amide bonds. The Morgan fingerprint density at radius 1 is 1.24 bits per heavy atom. The van der Waals surface area contributed by atoms with E-state index in [9.17, 15) is 4.79 Å². The normalized spacial score (nSPS) is 22.1. The van der Waals surface area contributed by atoms with Crippen molar-refractivity contribution in [1.82, 2.24) is 25.1 Å². The maximum absolute atomic E-state index is 13.5. The third kappa shape index (κ3) is 6.88. The molecule has 2 aliphatic rings. The zero-order valence-corrected chi connectivity index (χ0v) is 19.8. The summed E-state index contributed by atoms with van der Waals surface area (Å²) in [5.41, 5.74) is 2.11. The highest BCUT2D eigenvalue weighted by Crippen LogP contribution is 2.43. The first kappa shape index (κ1) is 27.0. The first-order valence-corrected chi connectivity index (χ1v) is 11.3. The van der Waals surface area contributed by atoms with Crippen molar-refractivity contribution >= 4 is 18.9 Å². The fourth-order valence-corrected chi connectivity index (χ4v) is 4.93. The predicted molar refractivity (Wildman–Crippen MR) is 127 cm³/mol. The van der Waals surface area contributed by atoms with Gasteiger partial charge in [0.2, 0.25) is 5.91 Å². The number of amides is 1. The number of carbonyl (C=O) groups excluding carboxylic acids is 1. The Hall–Kier alpha value is -3.24. The number of fused-ring (bicyclic) bond motifs is 1. The molecule has 1 aromatic heterocycles. The van der Waals surface area contributed by atoms with Gasteiger partial charge in [0.1, 0.15) is 5.82 Å². The topological polar surface area (TPSA) is 139 Å². The number of imidazole rings is 1. The Kier molecular flexibility index (Phi) is 10.7. The summed E-state index contributed by atoms with van der Waals surface area (Å²) in [5.74, 6) is 1.20. The van der Waals surface area contributed by atoms with Crippen molar-refractivity contribution in [3.63, 3.8) is 0 Å². The molecule has 2 atom stereocenters. The number of benzene rings is 1. The molecule has 2 fully saturated rings. The van der Waals surface area contributed by atoms with Crippen molar-refractivity contribution in [2.75, 3.05) is 26.7 Å². The number of hydrogen-bond acceptors (Lipinski definition) is 6. The minimum Gasteiger partial charge on any atom is -0.483 e. The monoisotopic (exact) mass is 473 g/mol. The molecule has 34 heavy (non-hydrogen) atoms. The Balaban J connectivity index is 0.000000618. The average molecular weight is 474 g/mol. The van der Waals surface area contributed by atoms with E-state index >= 15 is 0 Å². The van der Waals surface area contributed by atoms with Gasteiger partial charge in [-0.15, -0.1) is 0 Å². The molecule has 2 saturated heterocycles. The van der Waals surface area contributed by atoms with Gasteiger partial charge in [0.05, 0.1) is 12.0 Å². The second kappa shape index (κ2) is 13.5. The highest BCUT2D eigenvalue weighted by Gasteiger charge is 2.52. The Morgan fingerprint density at radius 3 is 2.59 bits per heavy atom. The minimum absolute atomic E-state index is 0.220. The molecule has 10 nitrogen and oxygen atoms in total. The van der Waals surface area contributed by atoms with Crippen LogP contribution in [0.4, 0.5) is 0 Å². The lowest BCUT2D eigenvalue weighted by Crippen LogP contribution is -2.65. The van der Waals surface area contributed by atoms with Crippen LogP contribution < -0.4 is 5.32 Å². The summed E-state index contributed by atoms with van der Waals surface area (Å²) in [7, 11) is 2.16. The number of carboxylic acid groups (broad SMARTS) is 2. The van der Waals surface area contributed by atoms with Crippen LogP contribution in [0, 0.1) is 12.3 Å². The third-order valence-electron chi connectivity index (χ3n) is 6.63. The van der Waals surface area contributed by atoms with E-state index in [1.165, 1.54) is 11.1 Å². The summed E-state index contributed by atoms with van der Waals surface area (Å²) < 4.78 is 0. The number of hydrogen-bond donors (Lipinski definition) is 4. The van der Waals surface area contributed by atoms with E-state index < -0.39 is 0 Å². The van der Waals surface area contributed by atoms with Crippen molar-refractivity contribution in [1.29, 1.82) is 0 Å². The summed E-state index contributed by atoms with van der Waals surface area (Å²) >= 11 is 0. The summed E-state index contributed by atoms with van der Waals surface area (Å²) in [5, 5.41) is 17.1. The molecule has 4 rings (SSSR count). The molecule has 0 bridgehead atoms. The molecule has 4 N–H and O–H groups in total. The fourth-order valence-electron chi connectivity index (χ4n) is 4.93. The first-order valence-electron chi connectivity index (χ1n) is 11.3. The number of rotatable bonds is 5. The zero-order valence-electron chi connectivity index (χ0n) is 19.8. The Bertz CT molecular complexity index is 901. The molecular weight excluding hydrogens is 438 g/mol. The van der Waals surface area contributed by atoms with Crippen LogP contribution >= 0.6 is 0 Å². The molecule has 186 valence electrons. The molecule has 0 spiro atoms. The first-order chi connectivity index (χ1) is 16.4. The summed E-state index contributed by atoms with van der Waals surface area (Å²) in [6, 6.07) is 8.51. The quantitative estimate of drug-likeness (QED) is 0.482. The number of aromatic nitrogens is 2. The molecule has 2 aromatic rings. The maximum atomic E-state index is 13.5. The van der Waals surface area contributed by atoms with Crippen LogP contribution in [0.2, 0.25) is 0 Å². The zero-order chi connectivity index (χ0) is 25.0. The molecule has 0 saturated carbocycles. The lowest BCUT2D eigenvalue weighted by Gasteiger charge is -2.53. The lowest BCUT2D eigenvalue weighted by molar-refractivity contribution is -0.145. The van der Waals surface area contributed by atoms with Crippen LogP contribution in [-0.2, 0) is 27.5 Å². The van der Waals surface area contributed by atoms with Gasteiger partial charge in [-0.2, -0.15) is 0 Å². The average Bonchev–Trinajstić information content (AvgIpc) is 3.33. The van der Waals surface area contributed by atoms with Crippen molar-refractivity contribution in [3.8, 4) is 0 Å². The third-order valence-corrected chi connectivity index (χ3v) is 6.63. The van der Waals surface area contributed by atoms with E-state index in [-0.39, 0.29) is 30.3 Å². The molecule has 0 aliphatic carbocycles. The van der Waals surface area contributed by atoms with Gasteiger partial charge in [0.15, 0.2) is 0 Å². The van der Waals surface area contributed by atoms with Crippen LogP contribution in [-0.4, -0.2) is 81.6 Å². The molecule has 10 heteroatoms. The van der Waals surface area contributed by atoms with E-state index in [0.29, 0.717) is 6.54 Å². The standard InChI is InChI=1S/C22H31N5O.2CH2O2/c1-17-6-3-4-7-18(17)14-25-21(28)22-8-5-12-27(16-20-23-10-11-24-20)19(22)15-26(2)13-9-22;2*2-1-3/h3-4,6-7,10-11,19H,5,8-9,12-16H2,1-2H3,(H,23,24)(H,25,28);2*1H,(H,2,3)/t19-,22+;;/m0../s1. The largest absolute Gasteiger partial charge is 0.483 e. The van der Waals surface area contributed by atoms with E-state index in [4.69, 9.17) is 19.8 Å². The molecule has 3 heterocycles. The van der Waals surface area contributed by atoms with Crippen LogP contribution in [0.3, 0.4) is 0 Å². The number of likely N-dealkylation sites (tertiary alicyclic amines) is 2. The second-order valence-corrected chi connectivity index (χ2v) is 8.61. The van der Waals surface area contributed by atoms with Gasteiger partial charge in [-0.05, 0) is 57.5 Å². The van der Waals surface area contributed by atoms with E-state index in [2.05, 4.69) is 51.2 Å². The van der Waals surface area contributed by atoms with Gasteiger partial charge in [-0.3, -0.25) is 19.3 Å². The minimum atomic E-state index is -0.306. The van der Waals surface area contributed by atoms with Crippen molar-refractivity contribution in [2.24, 2.45) is 5.41 Å². The van der Waals surface area contributed by atoms with E-state index in [0.717, 1.165) is 51.3 Å². The molecule has 2 aliphatic heterocycles. The number of nitrogens with zero attached hydrogens (tertiary/aromatic N) is 3. The van der Waals surface area contributed by atoms with E-state index in [1.54, 1.807) is 6.20 Å². The van der Waals surface area contributed by atoms with E-state index in [1.807, 2.05) is 18.3 Å². The molecule has 0 unspecified atom stereocenters. The van der Waals surface area contributed by atoms with Gasteiger partial charge in [-0.1, -0.05) is 24.3 Å². The van der Waals surface area contributed by atoms with Gasteiger partial charge < -0.3 is 25.4 Å². The van der Waals surface area contributed by atoms with Gasteiger partial charge in [0, 0.05) is 31.5 Å². The predicted octanol–water partition coefficient (Wildman–Crippen LogP) is 1.72.